The summed E-state index contributed by atoms with van der Waals surface area (Å²) in [5, 5.41) is 20.4. The SMILES string of the molecule is CC[N+]([O-])(CC)/N=N\OCOC(=O)c1ccc(CCN(C(=O)OC(C)(C)C)S(=O)(=O)c2cc(C(=O)NN3c4ccccc4CC3C)ccc2Cl)cc1. The molecule has 4 rings (SSSR count). The number of hydrogen-bond acceptors (Lipinski definition) is 12. The molecule has 15 nitrogen and oxygen atoms in total. The molecule has 3 aromatic carbocycles. The van der Waals surface area contributed by atoms with Gasteiger partial charge < -0.3 is 19.5 Å². The molecule has 1 N–H and O–H groups in total. The van der Waals surface area contributed by atoms with E-state index in [-0.39, 0.29) is 48.2 Å². The molecule has 1 aliphatic rings. The summed E-state index contributed by atoms with van der Waals surface area (Å²) in [6.45, 7) is 9.45. The number of carbonyl (C=O) groups is 3. The summed E-state index contributed by atoms with van der Waals surface area (Å²) in [6, 6.07) is 17.5. The number of para-hydroxylation sites is 1. The standard InChI is InChI=1S/C35H43ClN6O9S/c1-7-42(46,8-2)38-39-50-23-49-33(44)26-15-13-25(14-16-26)19-20-40(34(45)51-35(4,5)6)52(47,48)31-22-28(17-18-29(31)36)32(43)37-41-24(3)21-27-11-9-10-12-30(27)41/h9-18,22,24H,7-8,19-21,23H2,1-6H3,(H,37,43)/b39-38-. The van der Waals surface area contributed by atoms with Crippen LogP contribution < -0.4 is 10.4 Å². The highest BCUT2D eigenvalue weighted by atomic mass is 35.5. The van der Waals surface area contributed by atoms with Gasteiger partial charge in [-0.2, -0.15) is 0 Å². The summed E-state index contributed by atoms with van der Waals surface area (Å²) in [5.74, 6) is -1.30. The van der Waals surface area contributed by atoms with Crippen molar-refractivity contribution in [3.63, 3.8) is 0 Å². The third-order valence-electron chi connectivity index (χ3n) is 8.07. The molecule has 0 aliphatic carbocycles. The van der Waals surface area contributed by atoms with Crippen LogP contribution in [0.3, 0.4) is 0 Å². The zero-order valence-electron chi connectivity index (χ0n) is 29.9. The third-order valence-corrected chi connectivity index (χ3v) is 10.3. The number of hydrogen-bond donors (Lipinski definition) is 1. The van der Waals surface area contributed by atoms with Crippen molar-refractivity contribution in [3.8, 4) is 0 Å². The van der Waals surface area contributed by atoms with Crippen LogP contribution in [0.4, 0.5) is 10.5 Å². The Labute approximate surface area is 308 Å². The summed E-state index contributed by atoms with van der Waals surface area (Å²) in [5.41, 5.74) is 4.48. The molecular weight excluding hydrogens is 716 g/mol. The number of carbonyl (C=O) groups excluding carboxylic acids is 3. The van der Waals surface area contributed by atoms with Crippen LogP contribution in [0.15, 0.2) is 82.1 Å². The largest absolute Gasteiger partial charge is 0.603 e. The van der Waals surface area contributed by atoms with Crippen molar-refractivity contribution in [1.82, 2.24) is 9.73 Å². The highest BCUT2D eigenvalue weighted by Gasteiger charge is 2.35. The lowest BCUT2D eigenvalue weighted by Crippen LogP contribution is -2.45. The molecule has 0 radical (unpaired) electrons. The molecular formula is C35H43ClN6O9S. The lowest BCUT2D eigenvalue weighted by Gasteiger charge is -2.30. The van der Waals surface area contributed by atoms with Gasteiger partial charge in [-0.15, -0.1) is 0 Å². The van der Waals surface area contributed by atoms with Gasteiger partial charge in [-0.3, -0.25) is 15.2 Å². The number of benzene rings is 3. The molecule has 1 unspecified atom stereocenters. The van der Waals surface area contributed by atoms with Gasteiger partial charge in [0.25, 0.3) is 22.7 Å². The van der Waals surface area contributed by atoms with Crippen molar-refractivity contribution in [2.45, 2.75) is 70.9 Å². The number of amides is 2. The highest BCUT2D eigenvalue weighted by molar-refractivity contribution is 7.89. The third kappa shape index (κ3) is 9.97. The molecule has 280 valence electrons. The number of hydrazine groups is 1. The molecule has 17 heteroatoms. The van der Waals surface area contributed by atoms with Crippen LogP contribution in [0, 0.1) is 5.21 Å². The van der Waals surface area contributed by atoms with Crippen LogP contribution in [0.5, 0.6) is 0 Å². The fourth-order valence-electron chi connectivity index (χ4n) is 5.16. The summed E-state index contributed by atoms with van der Waals surface area (Å²) < 4.78 is 38.3. The number of hydroxylamine groups is 2. The Hall–Kier alpha value is -4.77. The van der Waals surface area contributed by atoms with Crippen LogP contribution in [0.2, 0.25) is 5.02 Å². The summed E-state index contributed by atoms with van der Waals surface area (Å²) in [7, 11) is -4.66. The highest BCUT2D eigenvalue weighted by Crippen LogP contribution is 2.31. The van der Waals surface area contributed by atoms with Crippen molar-refractivity contribution in [2.24, 2.45) is 10.5 Å². The number of nitrogens with one attached hydrogen (secondary N) is 1. The van der Waals surface area contributed by atoms with Gasteiger partial charge in [0.05, 0.1) is 32.8 Å². The maximum Gasteiger partial charge on any atom is 0.424 e. The normalized spacial score (nSPS) is 14.5. The minimum atomic E-state index is -4.66. The zero-order valence-corrected chi connectivity index (χ0v) is 31.4. The average Bonchev–Trinajstić information content (AvgIpc) is 3.41. The molecule has 1 atom stereocenters. The summed E-state index contributed by atoms with van der Waals surface area (Å²) >= 11 is 6.40. The smallest absolute Gasteiger partial charge is 0.424 e. The number of anilines is 1. The van der Waals surface area contributed by atoms with Crippen LogP contribution in [-0.2, 0) is 37.2 Å². The van der Waals surface area contributed by atoms with Crippen molar-refractivity contribution in [2.75, 3.05) is 31.4 Å². The predicted octanol–water partition coefficient (Wildman–Crippen LogP) is 6.37. The van der Waals surface area contributed by atoms with Crippen LogP contribution >= 0.6 is 11.6 Å². The number of esters is 1. The summed E-state index contributed by atoms with van der Waals surface area (Å²) in [4.78, 5) is 43.6. The second-order valence-electron chi connectivity index (χ2n) is 13.0. The van der Waals surface area contributed by atoms with Gasteiger partial charge in [0.2, 0.25) is 0 Å². The van der Waals surface area contributed by atoms with Crippen LogP contribution in [0.1, 0.15) is 73.4 Å². The molecule has 0 aromatic heterocycles. The Kier molecular flexibility index (Phi) is 12.9. The average molecular weight is 759 g/mol. The molecule has 1 heterocycles. The van der Waals surface area contributed by atoms with E-state index in [1.807, 2.05) is 31.2 Å². The number of nitrogens with zero attached hydrogens (tertiary/aromatic N) is 5. The molecule has 0 saturated carbocycles. The van der Waals surface area contributed by atoms with Gasteiger partial charge in [0, 0.05) is 12.1 Å². The lowest BCUT2D eigenvalue weighted by molar-refractivity contribution is -0.890. The van der Waals surface area contributed by atoms with Crippen molar-refractivity contribution in [3.05, 3.63) is 99.2 Å². The first-order valence-electron chi connectivity index (χ1n) is 16.6. The maximum atomic E-state index is 14.1. The van der Waals surface area contributed by atoms with Crippen molar-refractivity contribution >= 4 is 45.3 Å². The van der Waals surface area contributed by atoms with E-state index in [0.29, 0.717) is 9.87 Å². The molecule has 1 aliphatic heterocycles. The lowest BCUT2D eigenvalue weighted by atomic mass is 10.1. The molecule has 3 aromatic rings. The molecule has 0 bridgehead atoms. The number of ether oxygens (including phenoxy) is 2. The topological polar surface area (TPSA) is 179 Å². The Bertz CT molecular complexity index is 1900. The zero-order chi connectivity index (χ0) is 38.3. The number of quaternary nitrogens is 1. The van der Waals surface area contributed by atoms with Crippen molar-refractivity contribution < 1.29 is 41.9 Å². The number of fused-ring (bicyclic) bond motifs is 1. The van der Waals surface area contributed by atoms with Crippen LogP contribution in [0.25, 0.3) is 0 Å². The van der Waals surface area contributed by atoms with E-state index in [9.17, 15) is 28.0 Å². The first-order valence-corrected chi connectivity index (χ1v) is 18.4. The molecule has 0 saturated heterocycles. The Morgan fingerprint density at radius 3 is 2.35 bits per heavy atom. The van der Waals surface area contributed by atoms with Gasteiger partial charge in [-0.05, 0) is 102 Å². The fraction of sp³-hybridized carbons (Fsp3) is 0.400. The minimum Gasteiger partial charge on any atom is -0.603 e. The summed E-state index contributed by atoms with van der Waals surface area (Å²) in [6.07, 6.45) is -0.380. The van der Waals surface area contributed by atoms with E-state index in [0.717, 1.165) is 23.7 Å². The van der Waals surface area contributed by atoms with E-state index >= 15 is 0 Å². The van der Waals surface area contributed by atoms with E-state index in [4.69, 9.17) is 25.9 Å². The second-order valence-corrected chi connectivity index (χ2v) is 15.2. The van der Waals surface area contributed by atoms with Gasteiger partial charge >= 0.3 is 12.1 Å². The van der Waals surface area contributed by atoms with Gasteiger partial charge in [-0.25, -0.2) is 27.1 Å². The minimum absolute atomic E-state index is 0.0132. The molecule has 0 spiro atoms. The molecule has 2 amide bonds. The quantitative estimate of drug-likeness (QED) is 0.0485. The number of sulfonamides is 1. The number of halogens is 1. The van der Waals surface area contributed by atoms with E-state index in [1.165, 1.54) is 24.3 Å². The van der Waals surface area contributed by atoms with E-state index in [2.05, 4.69) is 15.9 Å². The first-order chi connectivity index (χ1) is 24.5. The van der Waals surface area contributed by atoms with E-state index < -0.39 is 50.0 Å². The van der Waals surface area contributed by atoms with Gasteiger partial charge in [0.1, 0.15) is 23.6 Å². The molecule has 0 fully saturated rings. The van der Waals surface area contributed by atoms with Gasteiger partial charge in [0.15, 0.2) is 0 Å². The fourth-order valence-corrected chi connectivity index (χ4v) is 6.96. The van der Waals surface area contributed by atoms with Crippen LogP contribution in [-0.4, -0.2) is 73.5 Å². The Balaban J connectivity index is 1.48. The molecule has 52 heavy (non-hydrogen) atoms. The maximum absolute atomic E-state index is 14.1. The number of rotatable bonds is 14. The first kappa shape index (κ1) is 40.0. The van der Waals surface area contributed by atoms with E-state index in [1.54, 1.807) is 51.8 Å². The van der Waals surface area contributed by atoms with Gasteiger partial charge in [-0.1, -0.05) is 41.9 Å². The Morgan fingerprint density at radius 2 is 1.69 bits per heavy atom. The monoisotopic (exact) mass is 758 g/mol. The Morgan fingerprint density at radius 1 is 1.04 bits per heavy atom. The second kappa shape index (κ2) is 16.7. The predicted molar refractivity (Wildman–Crippen MR) is 192 cm³/mol. The van der Waals surface area contributed by atoms with Crippen molar-refractivity contribution in [1.29, 1.82) is 0 Å².